The second-order valence-electron chi connectivity index (χ2n) is 22.4. The van der Waals surface area contributed by atoms with Gasteiger partial charge < -0.3 is 60.8 Å². The van der Waals surface area contributed by atoms with E-state index in [1.165, 1.54) is 61.0 Å². The number of aliphatic carboxylic acids is 1. The van der Waals surface area contributed by atoms with Gasteiger partial charge in [0.15, 0.2) is 20.9 Å². The van der Waals surface area contributed by atoms with E-state index in [2.05, 4.69) is 91.8 Å². The molecule has 0 amide bonds. The first-order valence-corrected chi connectivity index (χ1v) is 37.2. The number of carboxylic acids is 1. The normalized spacial score (nSPS) is 20.0. The van der Waals surface area contributed by atoms with Crippen molar-refractivity contribution in [2.24, 2.45) is 0 Å². The molecular formula is C61H101F3N10O20P4. The molecule has 98 heavy (non-hydrogen) atoms. The summed E-state index contributed by atoms with van der Waals surface area (Å²) in [6.45, 7) is 33.8. The Labute approximate surface area is 574 Å². The van der Waals surface area contributed by atoms with Crippen LogP contribution in [0.2, 0.25) is 0 Å². The minimum absolute atomic E-state index is 0.0317. The third kappa shape index (κ3) is 30.6. The minimum atomic E-state index is -5.08. The highest BCUT2D eigenvalue weighted by molar-refractivity contribution is 7.57. The van der Waals surface area contributed by atoms with Crippen LogP contribution >= 0.6 is 32.2 Å². The van der Waals surface area contributed by atoms with Gasteiger partial charge in [0.05, 0.1) is 64.6 Å². The predicted octanol–water partition coefficient (Wildman–Crippen LogP) is 10.6. The Balaban J connectivity index is 0.000000700. The van der Waals surface area contributed by atoms with Crippen molar-refractivity contribution in [1.29, 1.82) is 10.5 Å². The Bertz CT molecular complexity index is 3170. The van der Waals surface area contributed by atoms with Crippen LogP contribution in [0.3, 0.4) is 0 Å². The summed E-state index contributed by atoms with van der Waals surface area (Å²) < 4.78 is 129. The summed E-state index contributed by atoms with van der Waals surface area (Å²) in [6.07, 6.45) is -3.01. The second-order valence-corrected chi connectivity index (χ2v) is 29.3. The molecule has 2 saturated heterocycles. The first-order chi connectivity index (χ1) is 46.0. The van der Waals surface area contributed by atoms with E-state index < -0.39 is 116 Å². The number of nitrogens with one attached hydrogen (secondary N) is 2. The lowest BCUT2D eigenvalue weighted by Gasteiger charge is -2.45. The van der Waals surface area contributed by atoms with Crippen molar-refractivity contribution in [3.05, 3.63) is 121 Å². The fourth-order valence-electron chi connectivity index (χ4n) is 9.45. The molecule has 5 rings (SSSR count). The van der Waals surface area contributed by atoms with Crippen LogP contribution < -0.4 is 22.5 Å². The number of hydrogen-bond donors (Lipinski definition) is 4. The number of H-pyrrole nitrogens is 2. The van der Waals surface area contributed by atoms with Crippen LogP contribution in [-0.4, -0.2) is 187 Å². The Morgan fingerprint density at radius 2 is 1.01 bits per heavy atom. The van der Waals surface area contributed by atoms with Gasteiger partial charge in [-0.3, -0.25) is 42.8 Å². The lowest BCUT2D eigenvalue weighted by atomic mass is 10.1. The largest absolute Gasteiger partial charge is 0.490 e. The molecule has 3 aromatic heterocycles. The van der Waals surface area contributed by atoms with Crippen molar-refractivity contribution in [2.75, 3.05) is 53.9 Å². The summed E-state index contributed by atoms with van der Waals surface area (Å²) in [5.74, 6) is -0.223. The van der Waals surface area contributed by atoms with Gasteiger partial charge in [-0.1, -0.05) is 6.07 Å². The molecule has 3 unspecified atom stereocenters. The Morgan fingerprint density at radius 1 is 0.643 bits per heavy atom. The van der Waals surface area contributed by atoms with Crippen molar-refractivity contribution in [3.8, 4) is 12.1 Å². The van der Waals surface area contributed by atoms with Gasteiger partial charge in [0, 0.05) is 99.0 Å². The number of nitrogens with zero attached hydrogens (tertiary/aromatic N) is 8. The monoisotopic (exact) mass is 1470 g/mol. The van der Waals surface area contributed by atoms with Gasteiger partial charge in [-0.25, -0.2) is 28.4 Å². The summed E-state index contributed by atoms with van der Waals surface area (Å²) in [6, 6.07) is 14.0. The summed E-state index contributed by atoms with van der Waals surface area (Å²) in [7, 11) is -6.81. The number of aliphatic hydroxyl groups is 1. The summed E-state index contributed by atoms with van der Waals surface area (Å²) in [5.41, 5.74) is -2.49. The molecule has 0 radical (unpaired) electrons. The number of aromatic amines is 2. The molecule has 0 spiro atoms. The molecule has 4 N–H and O–H groups in total. The lowest BCUT2D eigenvalue weighted by molar-refractivity contribution is -0.192. The van der Waals surface area contributed by atoms with E-state index in [1.807, 2.05) is 50.6 Å². The molecule has 2 aliphatic heterocycles. The molecular weight excluding hydrogens is 1370 g/mol. The second kappa shape index (κ2) is 46.5. The Kier molecular flexibility index (Phi) is 43.1. The van der Waals surface area contributed by atoms with Crippen molar-refractivity contribution < 1.29 is 87.9 Å². The highest BCUT2D eigenvalue weighted by atomic mass is 31.2. The summed E-state index contributed by atoms with van der Waals surface area (Å²) in [4.78, 5) is 64.5. The van der Waals surface area contributed by atoms with Crippen LogP contribution in [0.1, 0.15) is 136 Å². The molecule has 9 atom stereocenters. The van der Waals surface area contributed by atoms with Gasteiger partial charge in [0.25, 0.3) is 19.6 Å². The number of carboxylic acid groups (broad SMARTS) is 1. The number of hydrogen-bond acceptors (Lipinski definition) is 25. The number of carbonyl (C=O) groups is 1. The van der Waals surface area contributed by atoms with Crippen molar-refractivity contribution in [2.45, 2.75) is 215 Å². The number of pyridine rings is 1. The van der Waals surface area contributed by atoms with E-state index in [9.17, 15) is 46.6 Å². The molecule has 0 saturated carbocycles. The Morgan fingerprint density at radius 3 is 1.33 bits per heavy atom. The number of aromatic nitrogens is 5. The van der Waals surface area contributed by atoms with Gasteiger partial charge in [-0.15, -0.1) is 0 Å². The van der Waals surface area contributed by atoms with Crippen LogP contribution in [0.4, 0.5) is 13.2 Å². The first kappa shape index (κ1) is 91.0. The molecule has 2 fully saturated rings. The van der Waals surface area contributed by atoms with Crippen LogP contribution in [0.15, 0.2) is 98.1 Å². The van der Waals surface area contributed by atoms with Gasteiger partial charge >= 0.3 is 38.7 Å². The van der Waals surface area contributed by atoms with Gasteiger partial charge in [-0.05, 0) is 135 Å². The highest BCUT2D eigenvalue weighted by Crippen LogP contribution is 2.54. The molecule has 0 aromatic carbocycles. The third-order valence-electron chi connectivity index (χ3n) is 13.0. The van der Waals surface area contributed by atoms with E-state index in [0.717, 1.165) is 10.6 Å². The average molecular weight is 1480 g/mol. The fraction of sp³-hybridized carbons (Fsp3) is 0.672. The minimum Gasteiger partial charge on any atom is -0.475 e. The summed E-state index contributed by atoms with van der Waals surface area (Å²) >= 11 is 0. The first-order valence-electron chi connectivity index (χ1n) is 31.6. The molecule has 37 heteroatoms. The van der Waals surface area contributed by atoms with E-state index in [0.29, 0.717) is 37.2 Å². The molecule has 30 nitrogen and oxygen atoms in total. The summed E-state index contributed by atoms with van der Waals surface area (Å²) in [5, 5.41) is 35.3. The molecule has 0 aliphatic carbocycles. The van der Waals surface area contributed by atoms with Crippen LogP contribution in [0, 0.1) is 22.7 Å². The molecule has 2 aliphatic rings. The van der Waals surface area contributed by atoms with Crippen LogP contribution in [-0.2, 0) is 64.5 Å². The van der Waals surface area contributed by atoms with Gasteiger partial charge in [-0.2, -0.15) is 23.7 Å². The standard InChI is InChI=1S/C24H40N4O9P2.C15H32N3OP.C15H23N2O8P.C5H5N.C2HF3O2/c1-8-34-39(31,35-9-2)16-12-19-21(37-38(33-15-10-13-25)28(17(3)4)18(5)6)22(32-7)23(36-19)27-14-11-20(29)26-24(27)30;1-12(2)17(13(3)4)20(19-11-9-10-16)18(14(5)6)15(7)8;1-4-23-26(21,24-5-2)9-7-10-12(19)13(22-3)14(25-10)17-8-6-11(18)16-15(17)20;1-2-4-6-5-3-1;3-2(4,5)1(6)7/h11-12,14,16-19,21-23H,8-10,15H2,1-7H3,(H,26,29,30);12-15H,9,11H2,1-8H3;6-10,12-14,19H,4-5H2,1-3H3,(H,16,18,20);1-5H;(H,6,7)/b16-12+;;9-7+;;/t19-,21+,22?,23-,38?;;10-,12+,13?,14-;;/m1.1../s1. The van der Waals surface area contributed by atoms with Crippen molar-refractivity contribution in [3.63, 3.8) is 0 Å². The molecule has 5 heterocycles. The van der Waals surface area contributed by atoms with E-state index in [1.54, 1.807) is 40.1 Å². The quantitative estimate of drug-likeness (QED) is 0.0325. The zero-order valence-electron chi connectivity index (χ0n) is 59.0. The molecule has 3 aromatic rings. The maximum atomic E-state index is 13.1. The molecule has 0 bridgehead atoms. The smallest absolute Gasteiger partial charge is 0.475 e. The number of ether oxygens (including phenoxy) is 4. The number of alkyl halides is 3. The fourth-order valence-corrected chi connectivity index (χ4v) is 16.2. The SMILES string of the molecule is CC(C)N(C(C)C)P(OCCC#N)N(C(C)C)C(C)C.CCOP(=O)(/C=C/[C@H]1O[C@@H](n2ccc(=O)[nH]c2=O)C(OC)[C@H]1O)OCC.CCOP(=O)(/C=C/[C@H]1O[C@@H](n2ccc(=O)[nH]c2=O)C(OC)[C@H]1OP(OCCC#N)N(C(C)C)C(C)C)OCC.O=C(O)C(F)(F)F.c1ccncc1. The van der Waals surface area contributed by atoms with Gasteiger partial charge in [0.1, 0.15) is 36.6 Å². The number of nitriles is 2. The molecule has 556 valence electrons. The van der Waals surface area contributed by atoms with E-state index >= 15 is 0 Å². The maximum absolute atomic E-state index is 13.1. The maximum Gasteiger partial charge on any atom is 0.490 e. The number of aliphatic hydroxyl groups excluding tert-OH is 1. The van der Waals surface area contributed by atoms with E-state index in [-0.39, 0.29) is 51.5 Å². The Hall–Kier alpha value is -5.05. The zero-order valence-corrected chi connectivity index (χ0v) is 62.6. The topological polar surface area (TPSA) is 373 Å². The average Bonchev–Trinajstić information content (AvgIpc) is 1.63. The van der Waals surface area contributed by atoms with E-state index in [4.69, 9.17) is 71.0 Å². The van der Waals surface area contributed by atoms with Crippen LogP contribution in [0.5, 0.6) is 0 Å². The van der Waals surface area contributed by atoms with Gasteiger partial charge in [0.2, 0.25) is 0 Å². The number of halogens is 3. The predicted molar refractivity (Wildman–Crippen MR) is 363 cm³/mol. The number of methoxy groups -OCH3 is 2. The third-order valence-corrected chi connectivity index (χ3v) is 21.8. The van der Waals surface area contributed by atoms with Crippen molar-refractivity contribution in [1.82, 2.24) is 38.1 Å². The lowest BCUT2D eigenvalue weighted by Crippen LogP contribution is -2.43. The van der Waals surface area contributed by atoms with Crippen LogP contribution in [0.25, 0.3) is 0 Å². The van der Waals surface area contributed by atoms with Crippen molar-refractivity contribution >= 4 is 38.1 Å². The number of rotatable bonds is 33. The highest BCUT2D eigenvalue weighted by Gasteiger charge is 2.50. The zero-order chi connectivity index (χ0) is 74.7.